The number of hydrogen-bond donors (Lipinski definition) is 1. The molecule has 22 heavy (non-hydrogen) atoms. The molecule has 1 aromatic heterocycles. The largest absolute Gasteiger partial charge is 0.485 e. The highest BCUT2D eigenvalue weighted by Crippen LogP contribution is 2.28. The second kappa shape index (κ2) is 6.43. The van der Waals surface area contributed by atoms with Crippen LogP contribution in [0.15, 0.2) is 27.4 Å². The van der Waals surface area contributed by atoms with Crippen molar-refractivity contribution in [3.63, 3.8) is 0 Å². The SMILES string of the molecule is CCCc1ccc(OCC(C)=O)c2c(=O)cc(C(=O)O)oc12. The van der Waals surface area contributed by atoms with Crippen LogP contribution in [0.25, 0.3) is 11.0 Å². The summed E-state index contributed by atoms with van der Waals surface area (Å²) in [7, 11) is 0. The molecule has 0 amide bonds. The maximum atomic E-state index is 12.2. The van der Waals surface area contributed by atoms with Crippen molar-refractivity contribution in [3.8, 4) is 5.75 Å². The zero-order chi connectivity index (χ0) is 16.3. The Morgan fingerprint density at radius 1 is 1.32 bits per heavy atom. The molecule has 0 bridgehead atoms. The molecule has 1 N–H and O–H groups in total. The fourth-order valence-electron chi connectivity index (χ4n) is 2.16. The van der Waals surface area contributed by atoms with Crippen molar-refractivity contribution in [3.05, 3.63) is 39.7 Å². The number of aryl methyl sites for hydroxylation is 1. The Kier molecular flexibility index (Phi) is 4.60. The number of hydrogen-bond acceptors (Lipinski definition) is 5. The summed E-state index contributed by atoms with van der Waals surface area (Å²) in [5.41, 5.74) is 0.427. The van der Waals surface area contributed by atoms with E-state index >= 15 is 0 Å². The van der Waals surface area contributed by atoms with Gasteiger partial charge in [0.25, 0.3) is 0 Å². The number of benzene rings is 1. The van der Waals surface area contributed by atoms with Crippen LogP contribution in [0.1, 0.15) is 36.4 Å². The molecule has 6 heteroatoms. The first-order valence-electron chi connectivity index (χ1n) is 6.89. The highest BCUT2D eigenvalue weighted by molar-refractivity contribution is 5.91. The first-order chi connectivity index (χ1) is 10.4. The molecule has 0 spiro atoms. The van der Waals surface area contributed by atoms with Crippen molar-refractivity contribution < 1.29 is 23.8 Å². The number of aromatic carboxylic acids is 1. The molecule has 1 heterocycles. The second-order valence-corrected chi connectivity index (χ2v) is 4.95. The first kappa shape index (κ1) is 15.8. The Morgan fingerprint density at radius 3 is 2.64 bits per heavy atom. The molecular formula is C16H16O6. The van der Waals surface area contributed by atoms with Gasteiger partial charge in [-0.25, -0.2) is 4.79 Å². The Balaban J connectivity index is 2.70. The summed E-state index contributed by atoms with van der Waals surface area (Å²) in [6.07, 6.45) is 1.44. The van der Waals surface area contributed by atoms with E-state index in [1.54, 1.807) is 12.1 Å². The molecule has 0 unspecified atom stereocenters. The van der Waals surface area contributed by atoms with Gasteiger partial charge in [-0.15, -0.1) is 0 Å². The van der Waals surface area contributed by atoms with E-state index in [0.29, 0.717) is 6.42 Å². The monoisotopic (exact) mass is 304 g/mol. The van der Waals surface area contributed by atoms with Gasteiger partial charge in [-0.1, -0.05) is 19.4 Å². The fourth-order valence-corrected chi connectivity index (χ4v) is 2.16. The summed E-state index contributed by atoms with van der Waals surface area (Å²) in [4.78, 5) is 34.3. The van der Waals surface area contributed by atoms with Gasteiger partial charge in [0.15, 0.2) is 11.2 Å². The molecule has 0 aliphatic rings. The summed E-state index contributed by atoms with van der Waals surface area (Å²) in [5, 5.41) is 9.19. The number of Topliss-reactive ketones (excluding diaryl/α,β-unsaturated/α-hetero) is 1. The van der Waals surface area contributed by atoms with E-state index in [0.717, 1.165) is 18.1 Å². The molecule has 0 atom stereocenters. The van der Waals surface area contributed by atoms with E-state index in [1.807, 2.05) is 6.92 Å². The van der Waals surface area contributed by atoms with Crippen LogP contribution in [0, 0.1) is 0 Å². The topological polar surface area (TPSA) is 93.8 Å². The summed E-state index contributed by atoms with van der Waals surface area (Å²) in [6, 6.07) is 4.24. The number of ketones is 1. The van der Waals surface area contributed by atoms with E-state index in [4.69, 9.17) is 14.3 Å². The van der Waals surface area contributed by atoms with Crippen LogP contribution in [-0.4, -0.2) is 23.5 Å². The van der Waals surface area contributed by atoms with Crippen LogP contribution in [0.4, 0.5) is 0 Å². The van der Waals surface area contributed by atoms with Gasteiger partial charge in [-0.05, 0) is 25.0 Å². The molecule has 2 rings (SSSR count). The zero-order valence-corrected chi connectivity index (χ0v) is 12.3. The van der Waals surface area contributed by atoms with Gasteiger partial charge in [0.05, 0.1) is 0 Å². The number of fused-ring (bicyclic) bond motifs is 1. The molecule has 6 nitrogen and oxygen atoms in total. The molecule has 0 aliphatic heterocycles. The minimum absolute atomic E-state index is 0.164. The molecule has 0 aliphatic carbocycles. The molecule has 116 valence electrons. The number of ether oxygens (including phenoxy) is 1. The van der Waals surface area contributed by atoms with Gasteiger partial charge in [-0.2, -0.15) is 0 Å². The summed E-state index contributed by atoms with van der Waals surface area (Å²) >= 11 is 0. The fraction of sp³-hybridized carbons (Fsp3) is 0.312. The average molecular weight is 304 g/mol. The average Bonchev–Trinajstić information content (AvgIpc) is 2.46. The van der Waals surface area contributed by atoms with Crippen molar-refractivity contribution in [2.45, 2.75) is 26.7 Å². The number of carbonyl (C=O) groups excluding carboxylic acids is 1. The van der Waals surface area contributed by atoms with Crippen molar-refractivity contribution >= 4 is 22.7 Å². The molecule has 0 saturated carbocycles. The first-order valence-corrected chi connectivity index (χ1v) is 6.89. The highest BCUT2D eigenvalue weighted by Gasteiger charge is 2.17. The normalized spacial score (nSPS) is 10.6. The smallest absolute Gasteiger partial charge is 0.371 e. The maximum absolute atomic E-state index is 12.2. The number of carbonyl (C=O) groups is 2. The number of carboxylic acids is 1. The van der Waals surface area contributed by atoms with E-state index in [9.17, 15) is 14.4 Å². The third-order valence-electron chi connectivity index (χ3n) is 3.08. The standard InChI is InChI=1S/C16H16O6/c1-3-4-10-5-6-12(21-8-9(2)17)14-11(18)7-13(16(19)20)22-15(10)14/h5-7H,3-4,8H2,1-2H3,(H,19,20). The third kappa shape index (κ3) is 3.16. The molecule has 0 fully saturated rings. The molecule has 2 aromatic rings. The third-order valence-corrected chi connectivity index (χ3v) is 3.08. The quantitative estimate of drug-likeness (QED) is 0.880. The predicted molar refractivity (Wildman–Crippen MR) is 79.6 cm³/mol. The second-order valence-electron chi connectivity index (χ2n) is 4.95. The summed E-state index contributed by atoms with van der Waals surface area (Å²) in [5.74, 6) is -1.69. The van der Waals surface area contributed by atoms with Crippen LogP contribution in [0.5, 0.6) is 5.75 Å². The van der Waals surface area contributed by atoms with Crippen molar-refractivity contribution in [1.29, 1.82) is 0 Å². The Bertz CT molecular complexity index is 787. The van der Waals surface area contributed by atoms with Gasteiger partial charge >= 0.3 is 5.97 Å². The Hall–Kier alpha value is -2.63. The summed E-state index contributed by atoms with van der Waals surface area (Å²) < 4.78 is 10.7. The lowest BCUT2D eigenvalue weighted by Gasteiger charge is -2.10. The minimum Gasteiger partial charge on any atom is -0.485 e. The molecule has 0 saturated heterocycles. The van der Waals surface area contributed by atoms with Gasteiger partial charge in [0, 0.05) is 6.07 Å². The van der Waals surface area contributed by atoms with Crippen LogP contribution >= 0.6 is 0 Å². The van der Waals surface area contributed by atoms with Crippen LogP contribution in [-0.2, 0) is 11.2 Å². The van der Waals surface area contributed by atoms with Gasteiger partial charge in [0.1, 0.15) is 23.3 Å². The van der Waals surface area contributed by atoms with E-state index in [1.165, 1.54) is 6.92 Å². The van der Waals surface area contributed by atoms with Gasteiger partial charge in [0.2, 0.25) is 5.76 Å². The van der Waals surface area contributed by atoms with Crippen molar-refractivity contribution in [2.24, 2.45) is 0 Å². The Morgan fingerprint density at radius 2 is 2.05 bits per heavy atom. The lowest BCUT2D eigenvalue weighted by molar-refractivity contribution is -0.118. The van der Waals surface area contributed by atoms with E-state index in [-0.39, 0.29) is 29.1 Å². The van der Waals surface area contributed by atoms with Gasteiger partial charge in [-0.3, -0.25) is 9.59 Å². The van der Waals surface area contributed by atoms with Crippen LogP contribution in [0.3, 0.4) is 0 Å². The lowest BCUT2D eigenvalue weighted by Crippen LogP contribution is -2.12. The number of rotatable bonds is 6. The highest BCUT2D eigenvalue weighted by atomic mass is 16.5. The lowest BCUT2D eigenvalue weighted by atomic mass is 10.1. The molecular weight excluding hydrogens is 288 g/mol. The summed E-state index contributed by atoms with van der Waals surface area (Å²) in [6.45, 7) is 3.17. The molecule has 1 aromatic carbocycles. The zero-order valence-electron chi connectivity index (χ0n) is 12.3. The number of carboxylic acid groups (broad SMARTS) is 1. The van der Waals surface area contributed by atoms with Gasteiger partial charge < -0.3 is 14.3 Å². The maximum Gasteiger partial charge on any atom is 0.371 e. The minimum atomic E-state index is -1.31. The van der Waals surface area contributed by atoms with Crippen molar-refractivity contribution in [2.75, 3.05) is 6.61 Å². The van der Waals surface area contributed by atoms with Crippen LogP contribution in [0.2, 0.25) is 0 Å². The van der Waals surface area contributed by atoms with Crippen LogP contribution < -0.4 is 10.2 Å². The molecule has 0 radical (unpaired) electrons. The van der Waals surface area contributed by atoms with E-state index < -0.39 is 17.2 Å². The van der Waals surface area contributed by atoms with Crippen molar-refractivity contribution in [1.82, 2.24) is 0 Å². The predicted octanol–water partition coefficient (Wildman–Crippen LogP) is 2.41. The van der Waals surface area contributed by atoms with E-state index in [2.05, 4.69) is 0 Å². The Labute approximate surface area is 126 Å².